The zero-order chi connectivity index (χ0) is 23.9. The molecule has 1 N–H and O–H groups in total. The van der Waals surface area contributed by atoms with Crippen LogP contribution in [0.15, 0.2) is 66.7 Å². The molecule has 4 rings (SSSR count). The van der Waals surface area contributed by atoms with Gasteiger partial charge in [-0.05, 0) is 68.5 Å². The molecule has 1 amide bonds. The molecule has 1 aromatic heterocycles. The van der Waals surface area contributed by atoms with Crippen molar-refractivity contribution < 1.29 is 9.53 Å². The molecule has 0 spiro atoms. The Kier molecular flexibility index (Phi) is 7.63. The third kappa shape index (κ3) is 5.48. The Bertz CT molecular complexity index is 1260. The van der Waals surface area contributed by atoms with Crippen LogP contribution in [0, 0.1) is 20.8 Å². The largest absolute Gasteiger partial charge is 0.493 e. The van der Waals surface area contributed by atoms with E-state index >= 15 is 0 Å². The monoisotopic (exact) mass is 455 g/mol. The zero-order valence-corrected chi connectivity index (χ0v) is 20.3. The van der Waals surface area contributed by atoms with Crippen molar-refractivity contribution in [2.75, 3.05) is 13.2 Å². The predicted octanol–water partition coefficient (Wildman–Crippen LogP) is 5.79. The van der Waals surface area contributed by atoms with Crippen LogP contribution in [-0.4, -0.2) is 28.6 Å². The zero-order valence-electron chi connectivity index (χ0n) is 20.3. The molecule has 0 aliphatic carbocycles. The summed E-state index contributed by atoms with van der Waals surface area (Å²) in [6, 6.07) is 22.2. The van der Waals surface area contributed by atoms with E-state index in [1.165, 1.54) is 11.1 Å². The van der Waals surface area contributed by atoms with Gasteiger partial charge in [-0.1, -0.05) is 48.5 Å². The first-order valence-electron chi connectivity index (χ1n) is 12.0. The minimum atomic E-state index is -0.0183. The van der Waals surface area contributed by atoms with Crippen molar-refractivity contribution in [2.24, 2.45) is 0 Å². The Morgan fingerprint density at radius 2 is 1.59 bits per heavy atom. The first kappa shape index (κ1) is 23.6. The molecule has 0 unspecified atom stereocenters. The highest BCUT2D eigenvalue weighted by atomic mass is 16.5. The van der Waals surface area contributed by atoms with Gasteiger partial charge in [-0.15, -0.1) is 0 Å². The molecule has 0 fully saturated rings. The normalized spacial score (nSPS) is 11.0. The highest BCUT2D eigenvalue weighted by Gasteiger charge is 2.12. The number of ether oxygens (including phenoxy) is 1. The first-order chi connectivity index (χ1) is 16.5. The summed E-state index contributed by atoms with van der Waals surface area (Å²) in [5.74, 6) is 2.02. The fraction of sp³-hybridized carbons (Fsp3) is 0.310. The van der Waals surface area contributed by atoms with E-state index < -0.39 is 0 Å². The lowest BCUT2D eigenvalue weighted by atomic mass is 10.1. The van der Waals surface area contributed by atoms with E-state index in [9.17, 15) is 4.79 Å². The number of benzene rings is 3. The maximum atomic E-state index is 12.5. The van der Waals surface area contributed by atoms with Gasteiger partial charge in [0, 0.05) is 25.1 Å². The quantitative estimate of drug-likeness (QED) is 0.308. The second-order valence-electron chi connectivity index (χ2n) is 8.77. The van der Waals surface area contributed by atoms with Crippen LogP contribution in [0.2, 0.25) is 0 Å². The number of nitrogens with zero attached hydrogens (tertiary/aromatic N) is 2. The molecule has 0 radical (unpaired) electrons. The van der Waals surface area contributed by atoms with Crippen LogP contribution in [0.4, 0.5) is 0 Å². The highest BCUT2D eigenvalue weighted by Crippen LogP contribution is 2.23. The van der Waals surface area contributed by atoms with Crippen LogP contribution in [0.3, 0.4) is 0 Å². The number of para-hydroxylation sites is 3. The van der Waals surface area contributed by atoms with E-state index in [2.05, 4.69) is 60.1 Å². The van der Waals surface area contributed by atoms with E-state index in [0.717, 1.165) is 59.5 Å². The van der Waals surface area contributed by atoms with Gasteiger partial charge in [0.2, 0.25) is 0 Å². The van der Waals surface area contributed by atoms with Crippen molar-refractivity contribution in [1.29, 1.82) is 0 Å². The Labute approximate surface area is 201 Å². The second-order valence-corrected chi connectivity index (χ2v) is 8.77. The summed E-state index contributed by atoms with van der Waals surface area (Å²) in [7, 11) is 0. The number of carbonyl (C=O) groups excluding carboxylic acids is 1. The van der Waals surface area contributed by atoms with Crippen molar-refractivity contribution in [3.63, 3.8) is 0 Å². The standard InChI is InChI=1S/C29H33N3O2/c1-21-11-4-5-14-24(21)29(33)30-18-9-17-27-31-25-15-6-7-16-26(25)32(27)19-10-20-34-28-22(2)12-8-13-23(28)3/h4-8,11-16H,9-10,17-20H2,1-3H3,(H,30,33). The van der Waals surface area contributed by atoms with Gasteiger partial charge in [0.05, 0.1) is 17.6 Å². The molecule has 176 valence electrons. The summed E-state index contributed by atoms with van der Waals surface area (Å²) in [6.07, 6.45) is 2.53. The van der Waals surface area contributed by atoms with E-state index in [1.54, 1.807) is 0 Å². The summed E-state index contributed by atoms with van der Waals surface area (Å²) >= 11 is 0. The lowest BCUT2D eigenvalue weighted by Gasteiger charge is -2.13. The summed E-state index contributed by atoms with van der Waals surface area (Å²) in [4.78, 5) is 17.4. The third-order valence-corrected chi connectivity index (χ3v) is 6.17. The molecule has 34 heavy (non-hydrogen) atoms. The van der Waals surface area contributed by atoms with Gasteiger partial charge in [-0.2, -0.15) is 0 Å². The number of nitrogens with one attached hydrogen (secondary N) is 1. The summed E-state index contributed by atoms with van der Waals surface area (Å²) in [6.45, 7) is 8.25. The average molecular weight is 456 g/mol. The Hall–Kier alpha value is -3.60. The molecule has 0 aliphatic rings. The van der Waals surface area contributed by atoms with E-state index in [-0.39, 0.29) is 5.91 Å². The molecule has 0 atom stereocenters. The topological polar surface area (TPSA) is 56.2 Å². The van der Waals surface area contributed by atoms with Crippen LogP contribution < -0.4 is 10.1 Å². The van der Waals surface area contributed by atoms with Crippen LogP contribution in [-0.2, 0) is 13.0 Å². The molecule has 0 saturated carbocycles. The third-order valence-electron chi connectivity index (χ3n) is 6.17. The van der Waals surface area contributed by atoms with Gasteiger partial charge in [-0.25, -0.2) is 4.98 Å². The van der Waals surface area contributed by atoms with Crippen molar-refractivity contribution in [3.05, 3.63) is 94.8 Å². The summed E-state index contributed by atoms with van der Waals surface area (Å²) in [5, 5.41) is 3.05. The van der Waals surface area contributed by atoms with Gasteiger partial charge in [-0.3, -0.25) is 4.79 Å². The van der Waals surface area contributed by atoms with Crippen LogP contribution in [0.1, 0.15) is 45.7 Å². The highest BCUT2D eigenvalue weighted by molar-refractivity contribution is 5.95. The maximum absolute atomic E-state index is 12.5. The van der Waals surface area contributed by atoms with Gasteiger partial charge >= 0.3 is 0 Å². The number of imidazole rings is 1. The molecule has 4 aromatic rings. The number of aromatic nitrogens is 2. The number of carbonyl (C=O) groups is 1. The van der Waals surface area contributed by atoms with Gasteiger partial charge in [0.25, 0.3) is 5.91 Å². The SMILES string of the molecule is Cc1ccccc1C(=O)NCCCc1nc2ccccc2n1CCCOc1c(C)cccc1C. The number of hydrogen-bond acceptors (Lipinski definition) is 3. The molecule has 3 aromatic carbocycles. The minimum Gasteiger partial charge on any atom is -0.493 e. The van der Waals surface area contributed by atoms with E-state index in [4.69, 9.17) is 9.72 Å². The lowest BCUT2D eigenvalue weighted by Crippen LogP contribution is -2.25. The molecular formula is C29H33N3O2. The molecule has 5 heteroatoms. The molecule has 5 nitrogen and oxygen atoms in total. The summed E-state index contributed by atoms with van der Waals surface area (Å²) < 4.78 is 8.41. The van der Waals surface area contributed by atoms with Crippen molar-refractivity contribution in [1.82, 2.24) is 14.9 Å². The van der Waals surface area contributed by atoms with Crippen molar-refractivity contribution in [3.8, 4) is 5.75 Å². The lowest BCUT2D eigenvalue weighted by molar-refractivity contribution is 0.0952. The van der Waals surface area contributed by atoms with Gasteiger partial charge < -0.3 is 14.6 Å². The fourth-order valence-electron chi connectivity index (χ4n) is 4.36. The average Bonchev–Trinajstić information content (AvgIpc) is 3.18. The number of rotatable bonds is 10. The molecule has 0 bridgehead atoms. The van der Waals surface area contributed by atoms with E-state index in [0.29, 0.717) is 13.2 Å². The maximum Gasteiger partial charge on any atom is 0.251 e. The molecule has 0 saturated heterocycles. The van der Waals surface area contributed by atoms with E-state index in [1.807, 2.05) is 37.3 Å². The molecule has 1 heterocycles. The Morgan fingerprint density at radius 1 is 0.882 bits per heavy atom. The number of aryl methyl sites for hydroxylation is 5. The Balaban J connectivity index is 1.35. The minimum absolute atomic E-state index is 0.0183. The number of amides is 1. The predicted molar refractivity (Wildman–Crippen MR) is 138 cm³/mol. The van der Waals surface area contributed by atoms with Gasteiger partial charge in [0.1, 0.15) is 11.6 Å². The summed E-state index contributed by atoms with van der Waals surface area (Å²) in [5.41, 5.74) is 6.22. The Morgan fingerprint density at radius 3 is 2.38 bits per heavy atom. The fourth-order valence-corrected chi connectivity index (χ4v) is 4.36. The van der Waals surface area contributed by atoms with Crippen LogP contribution in [0.5, 0.6) is 5.75 Å². The van der Waals surface area contributed by atoms with Crippen LogP contribution in [0.25, 0.3) is 11.0 Å². The molecular weight excluding hydrogens is 422 g/mol. The number of hydrogen-bond donors (Lipinski definition) is 1. The van der Waals surface area contributed by atoms with Crippen molar-refractivity contribution in [2.45, 2.75) is 46.6 Å². The van der Waals surface area contributed by atoms with Gasteiger partial charge in [0.15, 0.2) is 0 Å². The smallest absolute Gasteiger partial charge is 0.251 e. The first-order valence-corrected chi connectivity index (χ1v) is 12.0. The van der Waals surface area contributed by atoms with Crippen LogP contribution >= 0.6 is 0 Å². The second kappa shape index (κ2) is 11.0. The van der Waals surface area contributed by atoms with Crippen molar-refractivity contribution >= 4 is 16.9 Å². The number of fused-ring (bicyclic) bond motifs is 1. The molecule has 0 aliphatic heterocycles.